The molecule has 38 heavy (non-hydrogen) atoms. The molecule has 1 aliphatic rings. The van der Waals surface area contributed by atoms with Gasteiger partial charge >= 0.3 is 0 Å². The van der Waals surface area contributed by atoms with Gasteiger partial charge in [0, 0.05) is 36.1 Å². The Bertz CT molecular complexity index is 1210. The summed E-state index contributed by atoms with van der Waals surface area (Å²) in [6, 6.07) is 13.9. The molecule has 1 aliphatic carbocycles. The maximum absolute atomic E-state index is 13.9. The third-order valence-electron chi connectivity index (χ3n) is 6.72. The van der Waals surface area contributed by atoms with Crippen LogP contribution in [0.1, 0.15) is 62.1 Å². The van der Waals surface area contributed by atoms with Crippen LogP contribution < -0.4 is 20.3 Å². The molecule has 3 amide bonds. The second kappa shape index (κ2) is 13.2. The van der Waals surface area contributed by atoms with Gasteiger partial charge in [-0.3, -0.25) is 19.3 Å². The van der Waals surface area contributed by atoms with Crippen molar-refractivity contribution in [3.05, 3.63) is 71.2 Å². The Morgan fingerprint density at radius 1 is 1.03 bits per heavy atom. The SMILES string of the molecule is COc1ccc([C@@H](C(=O)NC2CCCCC2)N(C(=O)CCC(=O)Nc2nccs2)c2ccc(C)cc2)cc1. The van der Waals surface area contributed by atoms with Crippen LogP contribution in [-0.4, -0.2) is 35.9 Å². The molecule has 0 spiro atoms. The Morgan fingerprint density at radius 2 is 1.74 bits per heavy atom. The number of methoxy groups -OCH3 is 1. The average Bonchev–Trinajstić information content (AvgIpc) is 3.44. The molecule has 8 nitrogen and oxygen atoms in total. The molecule has 0 bridgehead atoms. The molecule has 4 rings (SSSR count). The van der Waals surface area contributed by atoms with Crippen molar-refractivity contribution in [1.29, 1.82) is 0 Å². The summed E-state index contributed by atoms with van der Waals surface area (Å²) in [4.78, 5) is 45.8. The second-order valence-electron chi connectivity index (χ2n) is 9.50. The van der Waals surface area contributed by atoms with Crippen molar-refractivity contribution in [2.24, 2.45) is 0 Å². The summed E-state index contributed by atoms with van der Waals surface area (Å²) < 4.78 is 5.31. The fourth-order valence-corrected chi connectivity index (χ4v) is 5.23. The zero-order valence-electron chi connectivity index (χ0n) is 21.8. The van der Waals surface area contributed by atoms with Gasteiger partial charge in [0.05, 0.1) is 7.11 Å². The number of benzene rings is 2. The van der Waals surface area contributed by atoms with Gasteiger partial charge in [-0.15, -0.1) is 11.3 Å². The van der Waals surface area contributed by atoms with E-state index < -0.39 is 6.04 Å². The molecule has 0 aliphatic heterocycles. The smallest absolute Gasteiger partial charge is 0.248 e. The van der Waals surface area contributed by atoms with Crippen molar-refractivity contribution in [3.63, 3.8) is 0 Å². The Balaban J connectivity index is 1.64. The lowest BCUT2D eigenvalue weighted by Crippen LogP contribution is -2.47. The van der Waals surface area contributed by atoms with Gasteiger partial charge in [-0.2, -0.15) is 0 Å². The van der Waals surface area contributed by atoms with Crippen LogP contribution in [0, 0.1) is 6.92 Å². The predicted octanol–water partition coefficient (Wildman–Crippen LogP) is 5.40. The highest BCUT2D eigenvalue weighted by Crippen LogP contribution is 2.31. The number of carbonyl (C=O) groups is 3. The van der Waals surface area contributed by atoms with E-state index >= 15 is 0 Å². The number of carbonyl (C=O) groups excluding carboxylic acids is 3. The molecule has 1 saturated carbocycles. The van der Waals surface area contributed by atoms with E-state index in [4.69, 9.17) is 4.74 Å². The van der Waals surface area contributed by atoms with Gasteiger partial charge in [-0.05, 0) is 49.6 Å². The molecule has 1 fully saturated rings. The van der Waals surface area contributed by atoms with Crippen LogP contribution >= 0.6 is 11.3 Å². The summed E-state index contributed by atoms with van der Waals surface area (Å²) in [7, 11) is 1.58. The van der Waals surface area contributed by atoms with Crippen molar-refractivity contribution in [2.75, 3.05) is 17.3 Å². The van der Waals surface area contributed by atoms with Crippen LogP contribution in [0.25, 0.3) is 0 Å². The van der Waals surface area contributed by atoms with Gasteiger partial charge in [0.25, 0.3) is 0 Å². The molecule has 1 atom stereocenters. The average molecular weight is 535 g/mol. The van der Waals surface area contributed by atoms with Crippen LogP contribution in [0.3, 0.4) is 0 Å². The number of anilines is 2. The Labute approximate surface area is 227 Å². The number of aryl methyl sites for hydroxylation is 1. The van der Waals surface area contributed by atoms with E-state index in [1.807, 2.05) is 43.3 Å². The molecular weight excluding hydrogens is 500 g/mol. The van der Waals surface area contributed by atoms with Crippen molar-refractivity contribution in [1.82, 2.24) is 10.3 Å². The third-order valence-corrected chi connectivity index (χ3v) is 7.40. The molecular formula is C29H34N4O4S. The molecule has 2 N–H and O–H groups in total. The van der Waals surface area contributed by atoms with Crippen molar-refractivity contribution in [3.8, 4) is 5.75 Å². The minimum absolute atomic E-state index is 0.0274. The van der Waals surface area contributed by atoms with Gasteiger partial charge < -0.3 is 15.4 Å². The fourth-order valence-electron chi connectivity index (χ4n) is 4.68. The highest BCUT2D eigenvalue weighted by Gasteiger charge is 2.34. The van der Waals surface area contributed by atoms with Crippen molar-refractivity contribution >= 4 is 39.9 Å². The van der Waals surface area contributed by atoms with Gasteiger partial charge in [-0.25, -0.2) is 4.98 Å². The lowest BCUT2D eigenvalue weighted by molar-refractivity contribution is -0.127. The largest absolute Gasteiger partial charge is 0.497 e. The monoisotopic (exact) mass is 534 g/mol. The van der Waals surface area contributed by atoms with E-state index in [1.165, 1.54) is 22.7 Å². The Hall–Kier alpha value is -3.72. The van der Waals surface area contributed by atoms with Crippen LogP contribution in [0.5, 0.6) is 5.75 Å². The van der Waals surface area contributed by atoms with Crippen LogP contribution in [0.2, 0.25) is 0 Å². The van der Waals surface area contributed by atoms with E-state index in [-0.39, 0.29) is 36.6 Å². The van der Waals surface area contributed by atoms with E-state index in [0.717, 1.165) is 31.2 Å². The number of hydrogen-bond donors (Lipinski definition) is 2. The summed E-state index contributed by atoms with van der Waals surface area (Å²) in [6.45, 7) is 1.97. The number of rotatable bonds is 10. The Kier molecular flexibility index (Phi) is 9.48. The molecule has 1 heterocycles. The summed E-state index contributed by atoms with van der Waals surface area (Å²) in [6.07, 6.45) is 6.70. The number of aromatic nitrogens is 1. The minimum Gasteiger partial charge on any atom is -0.497 e. The molecule has 0 unspecified atom stereocenters. The van der Waals surface area contributed by atoms with E-state index in [2.05, 4.69) is 15.6 Å². The normalized spacial score (nSPS) is 14.4. The summed E-state index contributed by atoms with van der Waals surface area (Å²) in [5.74, 6) is -0.192. The highest BCUT2D eigenvalue weighted by atomic mass is 32.1. The van der Waals surface area contributed by atoms with Crippen LogP contribution in [-0.2, 0) is 14.4 Å². The summed E-state index contributed by atoms with van der Waals surface area (Å²) >= 11 is 1.31. The molecule has 0 saturated heterocycles. The van der Waals surface area contributed by atoms with Gasteiger partial charge in [0.1, 0.15) is 11.8 Å². The van der Waals surface area contributed by atoms with E-state index in [0.29, 0.717) is 22.1 Å². The zero-order chi connectivity index (χ0) is 26.9. The number of ether oxygens (including phenoxy) is 1. The van der Waals surface area contributed by atoms with Gasteiger partial charge in [-0.1, -0.05) is 49.1 Å². The lowest BCUT2D eigenvalue weighted by atomic mass is 9.94. The molecule has 0 radical (unpaired) electrons. The van der Waals surface area contributed by atoms with E-state index in [1.54, 1.807) is 30.8 Å². The maximum Gasteiger partial charge on any atom is 0.248 e. The quantitative estimate of drug-likeness (QED) is 0.363. The molecule has 9 heteroatoms. The second-order valence-corrected chi connectivity index (χ2v) is 10.4. The Morgan fingerprint density at radius 3 is 2.37 bits per heavy atom. The van der Waals surface area contributed by atoms with Gasteiger partial charge in [0.15, 0.2) is 5.13 Å². The highest BCUT2D eigenvalue weighted by molar-refractivity contribution is 7.13. The molecule has 2 aromatic carbocycles. The number of hydrogen-bond acceptors (Lipinski definition) is 6. The lowest BCUT2D eigenvalue weighted by Gasteiger charge is -2.33. The zero-order valence-corrected chi connectivity index (χ0v) is 22.6. The van der Waals surface area contributed by atoms with Crippen LogP contribution in [0.4, 0.5) is 10.8 Å². The summed E-state index contributed by atoms with van der Waals surface area (Å²) in [5, 5.41) is 8.18. The number of nitrogens with zero attached hydrogens (tertiary/aromatic N) is 2. The first-order chi connectivity index (χ1) is 18.4. The van der Waals surface area contributed by atoms with Crippen LogP contribution in [0.15, 0.2) is 60.1 Å². The first kappa shape index (κ1) is 27.3. The minimum atomic E-state index is -0.903. The van der Waals surface area contributed by atoms with Gasteiger partial charge in [0.2, 0.25) is 17.7 Å². The maximum atomic E-state index is 13.9. The first-order valence-corrected chi connectivity index (χ1v) is 13.8. The topological polar surface area (TPSA) is 101 Å². The fraction of sp³-hybridized carbons (Fsp3) is 0.379. The van der Waals surface area contributed by atoms with Crippen molar-refractivity contribution in [2.45, 2.75) is 64.0 Å². The molecule has 200 valence electrons. The third kappa shape index (κ3) is 7.19. The first-order valence-electron chi connectivity index (χ1n) is 13.0. The predicted molar refractivity (Wildman–Crippen MR) is 149 cm³/mol. The van der Waals surface area contributed by atoms with E-state index in [9.17, 15) is 14.4 Å². The standard InChI is InChI=1S/C29H34N4O4S/c1-20-8-12-23(13-9-20)33(26(35)17-16-25(34)32-29-30-18-19-38-29)27(21-10-14-24(37-2)15-11-21)28(36)31-22-6-4-3-5-7-22/h8-15,18-19,22,27H,3-7,16-17H2,1-2H3,(H,31,36)(H,30,32,34)/t27-/m0/s1. The molecule has 3 aromatic rings. The number of thiazole rings is 1. The summed E-state index contributed by atoms with van der Waals surface area (Å²) in [5.41, 5.74) is 2.30. The number of amides is 3. The molecule has 1 aromatic heterocycles. The van der Waals surface area contributed by atoms with Crippen molar-refractivity contribution < 1.29 is 19.1 Å². The number of nitrogens with one attached hydrogen (secondary N) is 2.